The summed E-state index contributed by atoms with van der Waals surface area (Å²) >= 11 is 1.44. The van der Waals surface area contributed by atoms with Crippen LogP contribution in [0.15, 0.2) is 34.5 Å². The van der Waals surface area contributed by atoms with E-state index >= 15 is 0 Å². The van der Waals surface area contributed by atoms with Gasteiger partial charge < -0.3 is 5.73 Å². The second-order valence-electron chi connectivity index (χ2n) is 3.50. The minimum Gasteiger partial charge on any atom is -0.329 e. The minimum absolute atomic E-state index is 0.0394. The molecular formula is C10H13N5OS. The normalized spacial score (nSPS) is 12.6. The Kier molecular flexibility index (Phi) is 3.60. The smallest absolute Gasteiger partial charge is 0.329 e. The average molecular weight is 251 g/mol. The number of hydrogen-bond acceptors (Lipinski definition) is 5. The van der Waals surface area contributed by atoms with Gasteiger partial charge in [0, 0.05) is 26.0 Å². The number of hydrogen-bond donors (Lipinski definition) is 2. The predicted octanol–water partition coefficient (Wildman–Crippen LogP) is 0.295. The van der Waals surface area contributed by atoms with E-state index in [4.69, 9.17) is 5.73 Å². The van der Waals surface area contributed by atoms with Crippen molar-refractivity contribution in [3.63, 3.8) is 0 Å². The van der Waals surface area contributed by atoms with Crippen LogP contribution in [0, 0.1) is 0 Å². The third-order valence-corrected chi connectivity index (χ3v) is 3.68. The molecule has 0 saturated carbocycles. The number of pyridine rings is 1. The molecule has 0 radical (unpaired) electrons. The van der Waals surface area contributed by atoms with Crippen molar-refractivity contribution in [1.82, 2.24) is 19.7 Å². The van der Waals surface area contributed by atoms with E-state index in [1.165, 1.54) is 16.3 Å². The molecule has 1 unspecified atom stereocenters. The van der Waals surface area contributed by atoms with Crippen molar-refractivity contribution in [3.8, 4) is 0 Å². The minimum atomic E-state index is -0.227. The molecule has 0 fully saturated rings. The Morgan fingerprint density at radius 1 is 1.65 bits per heavy atom. The van der Waals surface area contributed by atoms with E-state index in [-0.39, 0.29) is 10.9 Å². The van der Waals surface area contributed by atoms with Crippen molar-refractivity contribution in [2.24, 2.45) is 12.8 Å². The quantitative estimate of drug-likeness (QED) is 0.763. The molecule has 2 rings (SSSR count). The van der Waals surface area contributed by atoms with Crippen LogP contribution in [0.25, 0.3) is 0 Å². The maximum Gasteiger partial charge on any atom is 0.343 e. The van der Waals surface area contributed by atoms with Crippen LogP contribution in [0.4, 0.5) is 0 Å². The number of thioether (sulfide) groups is 1. The van der Waals surface area contributed by atoms with Crippen molar-refractivity contribution in [1.29, 1.82) is 0 Å². The topological polar surface area (TPSA) is 89.6 Å². The van der Waals surface area contributed by atoms with Crippen LogP contribution in [0.1, 0.15) is 10.8 Å². The van der Waals surface area contributed by atoms with Gasteiger partial charge in [0.25, 0.3) is 0 Å². The Balaban J connectivity index is 2.22. The monoisotopic (exact) mass is 251 g/mol. The van der Waals surface area contributed by atoms with E-state index in [1.54, 1.807) is 19.4 Å². The van der Waals surface area contributed by atoms with E-state index in [9.17, 15) is 4.79 Å². The van der Waals surface area contributed by atoms with Crippen molar-refractivity contribution in [2.75, 3.05) is 6.54 Å². The molecule has 0 bridgehead atoms. The molecule has 0 spiro atoms. The summed E-state index contributed by atoms with van der Waals surface area (Å²) in [6.45, 7) is 0.456. The second-order valence-corrected chi connectivity index (χ2v) is 4.67. The molecule has 0 aromatic carbocycles. The molecule has 7 heteroatoms. The largest absolute Gasteiger partial charge is 0.343 e. The molecule has 0 saturated heterocycles. The SMILES string of the molecule is Cn1c(SC(CN)c2cccnc2)n[nH]c1=O. The first-order valence-electron chi connectivity index (χ1n) is 5.10. The molecule has 2 heterocycles. The second kappa shape index (κ2) is 5.15. The van der Waals surface area contributed by atoms with Crippen LogP contribution >= 0.6 is 11.8 Å². The van der Waals surface area contributed by atoms with Crippen LogP contribution in [0.5, 0.6) is 0 Å². The Labute approximate surface area is 102 Å². The van der Waals surface area contributed by atoms with E-state index < -0.39 is 0 Å². The number of aromatic amines is 1. The first-order valence-corrected chi connectivity index (χ1v) is 5.98. The number of nitrogens with one attached hydrogen (secondary N) is 1. The first-order chi connectivity index (χ1) is 8.22. The molecule has 0 aliphatic heterocycles. The van der Waals surface area contributed by atoms with Gasteiger partial charge in [0.05, 0.1) is 5.25 Å². The maximum absolute atomic E-state index is 11.2. The summed E-state index contributed by atoms with van der Waals surface area (Å²) in [7, 11) is 1.67. The average Bonchev–Trinajstić information content (AvgIpc) is 2.68. The first kappa shape index (κ1) is 11.9. The fraction of sp³-hybridized carbons (Fsp3) is 0.300. The van der Waals surface area contributed by atoms with Crippen LogP contribution in [0.3, 0.4) is 0 Å². The molecule has 0 aliphatic rings. The van der Waals surface area contributed by atoms with E-state index in [0.717, 1.165) is 5.56 Å². The van der Waals surface area contributed by atoms with E-state index in [1.807, 2.05) is 12.1 Å². The van der Waals surface area contributed by atoms with Gasteiger partial charge in [0.2, 0.25) is 0 Å². The zero-order chi connectivity index (χ0) is 12.3. The Morgan fingerprint density at radius 2 is 2.47 bits per heavy atom. The number of rotatable bonds is 4. The van der Waals surface area contributed by atoms with Crippen molar-refractivity contribution >= 4 is 11.8 Å². The summed E-state index contributed by atoms with van der Waals surface area (Å²) in [5, 5.41) is 7.00. The number of nitrogens with zero attached hydrogens (tertiary/aromatic N) is 3. The van der Waals surface area contributed by atoms with E-state index in [0.29, 0.717) is 11.7 Å². The van der Waals surface area contributed by atoms with Crippen LogP contribution in [0.2, 0.25) is 0 Å². The molecule has 1 atom stereocenters. The van der Waals surface area contributed by atoms with Gasteiger partial charge in [-0.25, -0.2) is 9.89 Å². The molecule has 0 amide bonds. The highest BCUT2D eigenvalue weighted by atomic mass is 32.2. The highest BCUT2D eigenvalue weighted by molar-refractivity contribution is 7.99. The standard InChI is InChI=1S/C10H13N5OS/c1-15-9(16)13-14-10(15)17-8(5-11)7-3-2-4-12-6-7/h2-4,6,8H,5,11H2,1H3,(H,13,16). The lowest BCUT2D eigenvalue weighted by atomic mass is 10.2. The molecule has 2 aromatic heterocycles. The molecule has 6 nitrogen and oxygen atoms in total. The van der Waals surface area contributed by atoms with Gasteiger partial charge in [-0.05, 0) is 11.6 Å². The van der Waals surface area contributed by atoms with Gasteiger partial charge in [-0.3, -0.25) is 9.55 Å². The Hall–Kier alpha value is -1.60. The maximum atomic E-state index is 11.2. The molecule has 0 aliphatic carbocycles. The lowest BCUT2D eigenvalue weighted by Gasteiger charge is -2.12. The fourth-order valence-corrected chi connectivity index (χ4v) is 2.35. The summed E-state index contributed by atoms with van der Waals surface area (Å²) in [5.74, 6) is 0. The van der Waals surface area contributed by atoms with Gasteiger partial charge in [-0.15, -0.1) is 5.10 Å². The van der Waals surface area contributed by atoms with Gasteiger partial charge in [-0.1, -0.05) is 17.8 Å². The van der Waals surface area contributed by atoms with Crippen LogP contribution in [-0.2, 0) is 7.05 Å². The van der Waals surface area contributed by atoms with E-state index in [2.05, 4.69) is 15.2 Å². The molecule has 90 valence electrons. The van der Waals surface area contributed by atoms with Gasteiger partial charge in [-0.2, -0.15) is 0 Å². The molecular weight excluding hydrogens is 238 g/mol. The summed E-state index contributed by atoms with van der Waals surface area (Å²) < 4.78 is 1.46. The number of aromatic nitrogens is 4. The van der Waals surface area contributed by atoms with Crippen LogP contribution < -0.4 is 11.4 Å². The predicted molar refractivity (Wildman–Crippen MR) is 65.7 cm³/mol. The Morgan fingerprint density at radius 3 is 3.00 bits per heavy atom. The molecule has 17 heavy (non-hydrogen) atoms. The third kappa shape index (κ3) is 2.56. The summed E-state index contributed by atoms with van der Waals surface area (Å²) in [6, 6.07) is 3.82. The third-order valence-electron chi connectivity index (χ3n) is 2.36. The van der Waals surface area contributed by atoms with Crippen molar-refractivity contribution < 1.29 is 0 Å². The van der Waals surface area contributed by atoms with Gasteiger partial charge in [0.1, 0.15) is 0 Å². The summed E-state index contributed by atoms with van der Waals surface area (Å²) in [5.41, 5.74) is 6.53. The highest BCUT2D eigenvalue weighted by Crippen LogP contribution is 2.31. The Bertz CT molecular complexity index is 535. The highest BCUT2D eigenvalue weighted by Gasteiger charge is 2.15. The van der Waals surface area contributed by atoms with Crippen molar-refractivity contribution in [3.05, 3.63) is 40.6 Å². The fourth-order valence-electron chi connectivity index (χ4n) is 1.38. The van der Waals surface area contributed by atoms with Crippen LogP contribution in [-0.4, -0.2) is 26.3 Å². The lowest BCUT2D eigenvalue weighted by Crippen LogP contribution is -2.14. The lowest BCUT2D eigenvalue weighted by molar-refractivity contribution is 0.760. The number of nitrogens with two attached hydrogens (primary N) is 1. The van der Waals surface area contributed by atoms with Gasteiger partial charge >= 0.3 is 5.69 Å². The zero-order valence-corrected chi connectivity index (χ0v) is 10.1. The summed E-state index contributed by atoms with van der Waals surface area (Å²) in [6.07, 6.45) is 3.49. The zero-order valence-electron chi connectivity index (χ0n) is 9.33. The van der Waals surface area contributed by atoms with Crippen molar-refractivity contribution in [2.45, 2.75) is 10.4 Å². The molecule has 3 N–H and O–H groups in total. The van der Waals surface area contributed by atoms with Gasteiger partial charge in [0.15, 0.2) is 5.16 Å². The summed E-state index contributed by atoms with van der Waals surface area (Å²) in [4.78, 5) is 15.3. The molecule has 2 aromatic rings. The number of H-pyrrole nitrogens is 1.